The maximum Gasteiger partial charge on any atom is 0.272 e. The molecule has 146 valence electrons. The topological polar surface area (TPSA) is 39.7 Å². The van der Waals surface area contributed by atoms with E-state index in [4.69, 9.17) is 0 Å². The molecule has 5 nitrogen and oxygen atoms in total. The quantitative estimate of drug-likeness (QED) is 0.690. The minimum atomic E-state index is 0.0204. The Balaban J connectivity index is 1.30. The second-order valence-corrected chi connectivity index (χ2v) is 7.54. The minimum Gasteiger partial charge on any atom is -0.368 e. The van der Waals surface area contributed by atoms with Gasteiger partial charge in [-0.15, -0.1) is 0 Å². The smallest absolute Gasteiger partial charge is 0.272 e. The average molecular weight is 384 g/mol. The van der Waals surface area contributed by atoms with Crippen molar-refractivity contribution in [1.82, 2.24) is 9.88 Å². The third kappa shape index (κ3) is 3.44. The molecule has 5 rings (SSSR count). The van der Waals surface area contributed by atoms with Gasteiger partial charge in [-0.3, -0.25) is 9.78 Å². The van der Waals surface area contributed by atoms with Crippen molar-refractivity contribution in [1.29, 1.82) is 0 Å². The van der Waals surface area contributed by atoms with Gasteiger partial charge in [0.1, 0.15) is 5.69 Å². The maximum atomic E-state index is 13.1. The van der Waals surface area contributed by atoms with Crippen molar-refractivity contribution in [2.24, 2.45) is 0 Å². The van der Waals surface area contributed by atoms with E-state index in [9.17, 15) is 4.79 Å². The lowest BCUT2D eigenvalue weighted by molar-refractivity contribution is 0.0741. The molecule has 2 aliphatic rings. The molecule has 0 saturated carbocycles. The molecule has 1 amide bonds. The fourth-order valence-corrected chi connectivity index (χ4v) is 4.28. The zero-order chi connectivity index (χ0) is 19.6. The van der Waals surface area contributed by atoms with Crippen LogP contribution in [-0.2, 0) is 6.42 Å². The number of aromatic nitrogens is 1. The summed E-state index contributed by atoms with van der Waals surface area (Å²) in [6.07, 6.45) is 2.78. The Morgan fingerprint density at radius 2 is 1.55 bits per heavy atom. The first-order valence-electron chi connectivity index (χ1n) is 10.2. The zero-order valence-corrected chi connectivity index (χ0v) is 16.4. The lowest BCUT2D eigenvalue weighted by Gasteiger charge is -2.36. The molecule has 3 heterocycles. The average Bonchev–Trinajstić information content (AvgIpc) is 3.24. The highest BCUT2D eigenvalue weighted by atomic mass is 16.2. The molecule has 1 fully saturated rings. The minimum absolute atomic E-state index is 0.0204. The number of pyridine rings is 1. The number of hydrogen-bond acceptors (Lipinski definition) is 4. The molecule has 0 aliphatic carbocycles. The molecule has 2 aliphatic heterocycles. The van der Waals surface area contributed by atoms with Crippen LogP contribution in [0.4, 0.5) is 17.1 Å². The highest BCUT2D eigenvalue weighted by Crippen LogP contribution is 2.34. The fourth-order valence-electron chi connectivity index (χ4n) is 4.28. The Labute approximate surface area is 171 Å². The summed E-state index contributed by atoms with van der Waals surface area (Å²) in [4.78, 5) is 24.0. The molecule has 29 heavy (non-hydrogen) atoms. The van der Waals surface area contributed by atoms with Crippen molar-refractivity contribution in [3.05, 3.63) is 84.2 Å². The van der Waals surface area contributed by atoms with Crippen LogP contribution in [0, 0.1) is 0 Å². The summed E-state index contributed by atoms with van der Waals surface area (Å²) in [5.41, 5.74) is 5.37. The molecule has 0 unspecified atom stereocenters. The van der Waals surface area contributed by atoms with Crippen molar-refractivity contribution in [3.63, 3.8) is 0 Å². The third-order valence-corrected chi connectivity index (χ3v) is 5.85. The normalized spacial score (nSPS) is 16.1. The Hall–Kier alpha value is -3.34. The molecule has 0 spiro atoms. The van der Waals surface area contributed by atoms with Gasteiger partial charge in [-0.1, -0.05) is 36.4 Å². The number of amides is 1. The SMILES string of the molecule is O=C(c1cc(N2CCc3ccccc32)ccn1)N1CCN(c2ccccc2)CC1. The maximum absolute atomic E-state index is 13.1. The van der Waals surface area contributed by atoms with Crippen LogP contribution in [0.15, 0.2) is 72.9 Å². The van der Waals surface area contributed by atoms with E-state index in [0.717, 1.165) is 31.7 Å². The van der Waals surface area contributed by atoms with Gasteiger partial charge in [-0.2, -0.15) is 0 Å². The highest BCUT2D eigenvalue weighted by molar-refractivity contribution is 5.93. The van der Waals surface area contributed by atoms with Gasteiger partial charge < -0.3 is 14.7 Å². The molecule has 0 radical (unpaired) electrons. The summed E-state index contributed by atoms with van der Waals surface area (Å²) < 4.78 is 0. The van der Waals surface area contributed by atoms with Crippen molar-refractivity contribution in [2.45, 2.75) is 6.42 Å². The van der Waals surface area contributed by atoms with Crippen LogP contribution in [0.1, 0.15) is 16.1 Å². The van der Waals surface area contributed by atoms with E-state index in [-0.39, 0.29) is 5.91 Å². The molecule has 1 aromatic heterocycles. The number of rotatable bonds is 3. The Bertz CT molecular complexity index is 1010. The number of hydrogen-bond donors (Lipinski definition) is 0. The monoisotopic (exact) mass is 384 g/mol. The van der Waals surface area contributed by atoms with Crippen molar-refractivity contribution in [3.8, 4) is 0 Å². The van der Waals surface area contributed by atoms with Gasteiger partial charge in [-0.05, 0) is 42.3 Å². The van der Waals surface area contributed by atoms with E-state index in [1.807, 2.05) is 23.1 Å². The van der Waals surface area contributed by atoms with Crippen LogP contribution in [0.5, 0.6) is 0 Å². The number of carbonyl (C=O) groups excluding carboxylic acids is 1. The summed E-state index contributed by atoms with van der Waals surface area (Å²) in [7, 11) is 0. The molecule has 1 saturated heterocycles. The van der Waals surface area contributed by atoms with Crippen LogP contribution < -0.4 is 9.80 Å². The van der Waals surface area contributed by atoms with Crippen LogP contribution in [-0.4, -0.2) is 48.5 Å². The number of para-hydroxylation sites is 2. The molecular formula is C24H24N4O. The predicted octanol–water partition coefficient (Wildman–Crippen LogP) is 3.74. The Morgan fingerprint density at radius 3 is 2.38 bits per heavy atom. The number of anilines is 3. The van der Waals surface area contributed by atoms with E-state index < -0.39 is 0 Å². The van der Waals surface area contributed by atoms with Gasteiger partial charge in [0.05, 0.1) is 0 Å². The lowest BCUT2D eigenvalue weighted by atomic mass is 10.2. The molecule has 5 heteroatoms. The highest BCUT2D eigenvalue weighted by Gasteiger charge is 2.25. The van der Waals surface area contributed by atoms with Crippen LogP contribution >= 0.6 is 0 Å². The standard InChI is InChI=1S/C24H24N4O/c29-24(27-16-14-26(15-17-27)20-7-2-1-3-8-20)22-18-21(10-12-25-22)28-13-11-19-6-4-5-9-23(19)28/h1-10,12,18H,11,13-17H2. The van der Waals surface area contributed by atoms with Gasteiger partial charge in [0.15, 0.2) is 0 Å². The number of benzene rings is 2. The van der Waals surface area contributed by atoms with Gasteiger partial charge in [0.25, 0.3) is 5.91 Å². The fraction of sp³-hybridized carbons (Fsp3) is 0.250. The van der Waals surface area contributed by atoms with Crippen molar-refractivity contribution in [2.75, 3.05) is 42.5 Å². The molecule has 0 N–H and O–H groups in total. The lowest BCUT2D eigenvalue weighted by Crippen LogP contribution is -2.49. The summed E-state index contributed by atoms with van der Waals surface area (Å²) in [5, 5.41) is 0. The number of nitrogens with zero attached hydrogens (tertiary/aromatic N) is 4. The largest absolute Gasteiger partial charge is 0.368 e. The summed E-state index contributed by atoms with van der Waals surface area (Å²) in [5.74, 6) is 0.0204. The van der Waals surface area contributed by atoms with E-state index in [1.54, 1.807) is 6.20 Å². The zero-order valence-electron chi connectivity index (χ0n) is 16.4. The van der Waals surface area contributed by atoms with Gasteiger partial charge >= 0.3 is 0 Å². The van der Waals surface area contributed by atoms with E-state index in [2.05, 4.69) is 63.3 Å². The Morgan fingerprint density at radius 1 is 0.793 bits per heavy atom. The summed E-state index contributed by atoms with van der Waals surface area (Å²) in [6.45, 7) is 4.05. The molecule has 3 aromatic rings. The molecule has 0 bridgehead atoms. The van der Waals surface area contributed by atoms with Crippen molar-refractivity contribution >= 4 is 23.0 Å². The van der Waals surface area contributed by atoms with E-state index in [0.29, 0.717) is 18.8 Å². The predicted molar refractivity (Wildman–Crippen MR) is 116 cm³/mol. The van der Waals surface area contributed by atoms with Gasteiger partial charge in [0.2, 0.25) is 0 Å². The van der Waals surface area contributed by atoms with Crippen LogP contribution in [0.2, 0.25) is 0 Å². The number of fused-ring (bicyclic) bond motifs is 1. The van der Waals surface area contributed by atoms with Crippen molar-refractivity contribution < 1.29 is 4.79 Å². The van der Waals surface area contributed by atoms with E-state index >= 15 is 0 Å². The van der Waals surface area contributed by atoms with E-state index in [1.165, 1.54) is 16.9 Å². The van der Waals surface area contributed by atoms with Gasteiger partial charge in [0, 0.05) is 56.0 Å². The number of piperazine rings is 1. The van der Waals surface area contributed by atoms with Crippen LogP contribution in [0.3, 0.4) is 0 Å². The first-order valence-corrected chi connectivity index (χ1v) is 10.2. The first kappa shape index (κ1) is 17.7. The van der Waals surface area contributed by atoms with Crippen LogP contribution in [0.25, 0.3) is 0 Å². The summed E-state index contributed by atoms with van der Waals surface area (Å²) in [6, 6.07) is 22.8. The third-order valence-electron chi connectivity index (χ3n) is 5.85. The van der Waals surface area contributed by atoms with Gasteiger partial charge in [-0.25, -0.2) is 0 Å². The second kappa shape index (κ2) is 7.59. The molecular weight excluding hydrogens is 360 g/mol. The molecule has 0 atom stereocenters. The summed E-state index contributed by atoms with van der Waals surface area (Å²) >= 11 is 0. The first-order chi connectivity index (χ1) is 14.3. The second-order valence-electron chi connectivity index (χ2n) is 7.54. The Kier molecular flexibility index (Phi) is 4.64. The molecule has 2 aromatic carbocycles. The number of carbonyl (C=O) groups is 1.